The molecule has 8 spiro atoms. The van der Waals surface area contributed by atoms with Gasteiger partial charge in [-0.25, -0.2) is 24.8 Å². The van der Waals surface area contributed by atoms with E-state index < -0.39 is 100 Å². The SMILES string of the molecule is COC1CCC2(CC1)Cc1ccc(Br)cc1C21N=C(N)N(CC(F)(F)F)C1=O.COC1CCC2(CC1)Cc1ccc(C#CC3CC3)cc1C21N=C(N)N([C@H](C)c2ccccc2)C1=O.COC1CCC2(CC1)Cc1ccc(OCC3CC3)cc1C21N=C(N)N(CC(F)(F)F)C1=O.[C-]#[N+]c1ccc2c(c1)C1(N=C(N)N(CC(F)(F)F)C1=O)C1(CCC(OC)CC1)C2. The lowest BCUT2D eigenvalue weighted by atomic mass is 9.61. The normalized spacial score (nSPS) is 31.4. The van der Waals surface area contributed by atoms with E-state index in [-0.39, 0.29) is 53.7 Å². The van der Waals surface area contributed by atoms with Gasteiger partial charge in [0.25, 0.3) is 23.6 Å². The fourth-order valence-electron chi connectivity index (χ4n) is 22.8. The van der Waals surface area contributed by atoms with Crippen LogP contribution in [0.15, 0.2) is 128 Å². The Kier molecular flexibility index (Phi) is 23.2. The Labute approximate surface area is 722 Å². The number of hydrogen-bond acceptors (Lipinski definition) is 17. The van der Waals surface area contributed by atoms with E-state index >= 15 is 0 Å². The van der Waals surface area contributed by atoms with E-state index in [0.717, 1.165) is 108 Å². The summed E-state index contributed by atoms with van der Waals surface area (Å²) in [6.07, 6.45) is 5.50. The molecule has 660 valence electrons. The van der Waals surface area contributed by atoms with Gasteiger partial charge in [0, 0.05) is 66.1 Å². The third-order valence-corrected chi connectivity index (χ3v) is 29.9. The molecule has 14 aliphatic rings. The van der Waals surface area contributed by atoms with Crippen molar-refractivity contribution in [2.75, 3.05) is 54.7 Å². The molecule has 8 N–H and O–H groups in total. The van der Waals surface area contributed by atoms with Gasteiger partial charge in [-0.2, -0.15) is 39.5 Å². The summed E-state index contributed by atoms with van der Waals surface area (Å²) in [7, 11) is 6.73. The van der Waals surface area contributed by atoms with Crippen LogP contribution in [0.3, 0.4) is 0 Å². The number of carbonyl (C=O) groups is 4. The largest absolute Gasteiger partial charge is 0.493 e. The van der Waals surface area contributed by atoms with Gasteiger partial charge in [-0.15, -0.1) is 0 Å². The van der Waals surface area contributed by atoms with E-state index in [1.807, 2.05) is 61.5 Å². The van der Waals surface area contributed by atoms with E-state index in [4.69, 9.17) is 58.2 Å². The Balaban J connectivity index is 0.000000123. The van der Waals surface area contributed by atoms with Gasteiger partial charge in [0.2, 0.25) is 0 Å². The predicted octanol–water partition coefficient (Wildman–Crippen LogP) is 15.0. The number of alkyl halides is 9. The van der Waals surface area contributed by atoms with Crippen molar-refractivity contribution in [1.29, 1.82) is 0 Å². The number of ether oxygens (including phenoxy) is 5. The van der Waals surface area contributed by atoms with E-state index in [9.17, 15) is 58.7 Å². The standard InChI is InChI=1S/C30H33N3O2.C23H28F3N3O3.C20H21F3N4O2.C19H21BrF3N3O2/c1-20(23-6-4-3-5-7-23)33-27(34)30(32-28(33)31)26-18-22(11-10-21-8-9-21)12-13-24(26)19-29(30)16-14-25(35-2)15-17-29;1-31-16-6-8-21(9-7-16)11-15-4-5-17(32-12-14-2-3-14)10-18(15)23(21)19(30)29(20(27)28-23)13-22(24,25)26;1-25-13-4-3-12-10-18(7-5-14(29-2)6-8-18)20(15(12)9-13)16(28)27(17(24)26-20)11-19(21,22)23;1-28-13-4-6-17(7-5-13)9-11-2-3-12(20)8-14(11)19(17)15(27)26(16(24)25-19)10-18(21,22)23/h3-7,12-13,18,20-21,25H,8-9,14-17,19H2,1-2H3,(H2,31,32);4-5,10,14,16H,2-3,6-9,11-13H2,1H3,(H2,27,28);3-4,9,14H,5-8,10-11H2,2H3,(H2,24,26);2-3,8,13H,4-7,9-10H2,1H3,(H2,24,25)/t20-,25?,29?,30?;;;/m1.../s1. The summed E-state index contributed by atoms with van der Waals surface area (Å²) in [5.41, 5.74) is 25.9. The second-order valence-electron chi connectivity index (χ2n) is 36.3. The first-order valence-electron chi connectivity index (χ1n) is 42.7. The summed E-state index contributed by atoms with van der Waals surface area (Å²) in [4.78, 5) is 80.9. The highest BCUT2D eigenvalue weighted by molar-refractivity contribution is 9.10. The average Bonchev–Trinajstić information content (AvgIpc) is 1.54. The van der Waals surface area contributed by atoms with Gasteiger partial charge in [-0.1, -0.05) is 94.5 Å². The number of rotatable bonds is 12. The van der Waals surface area contributed by atoms with Gasteiger partial charge in [0.15, 0.2) is 51.7 Å². The second kappa shape index (κ2) is 32.7. The number of guanidine groups is 4. The Morgan fingerprint density at radius 2 is 0.831 bits per heavy atom. The van der Waals surface area contributed by atoms with E-state index in [2.05, 4.69) is 65.8 Å². The number of amides is 4. The van der Waals surface area contributed by atoms with Crippen LogP contribution < -0.4 is 27.7 Å². The molecule has 0 radical (unpaired) electrons. The highest BCUT2D eigenvalue weighted by Crippen LogP contribution is 2.68. The minimum absolute atomic E-state index is 0.00766. The third kappa shape index (κ3) is 15.2. The molecular formula is C92H103BrF9N13O9. The summed E-state index contributed by atoms with van der Waals surface area (Å²) in [5.74, 6) is 5.53. The van der Waals surface area contributed by atoms with Crippen LogP contribution in [0.2, 0.25) is 0 Å². The molecule has 4 heterocycles. The second-order valence-corrected chi connectivity index (χ2v) is 37.2. The van der Waals surface area contributed by atoms with Crippen LogP contribution in [0, 0.1) is 51.9 Å². The Morgan fingerprint density at radius 1 is 0.468 bits per heavy atom. The van der Waals surface area contributed by atoms with Crippen LogP contribution in [0.25, 0.3) is 4.85 Å². The van der Waals surface area contributed by atoms with Crippen LogP contribution in [0.4, 0.5) is 45.2 Å². The fraction of sp³-hybridized carbons (Fsp3) is 0.554. The lowest BCUT2D eigenvalue weighted by Gasteiger charge is -2.45. The van der Waals surface area contributed by atoms with Crippen molar-refractivity contribution < 1.29 is 82.4 Å². The molecule has 5 atom stereocenters. The molecule has 0 saturated heterocycles. The molecule has 10 aliphatic carbocycles. The van der Waals surface area contributed by atoms with Crippen LogP contribution in [0.1, 0.15) is 197 Å². The molecule has 4 unspecified atom stereocenters. The third-order valence-electron chi connectivity index (χ3n) is 29.4. The van der Waals surface area contributed by atoms with Crippen molar-refractivity contribution in [3.8, 4) is 17.6 Å². The first-order chi connectivity index (χ1) is 58.9. The number of carbonyl (C=O) groups excluding carboxylic acids is 4. The van der Waals surface area contributed by atoms with Crippen molar-refractivity contribution in [1.82, 2.24) is 19.6 Å². The lowest BCUT2D eigenvalue weighted by Crippen LogP contribution is -2.53. The highest BCUT2D eigenvalue weighted by Gasteiger charge is 2.72. The molecule has 5 aromatic carbocycles. The number of fused-ring (bicyclic) bond motifs is 12. The van der Waals surface area contributed by atoms with Crippen molar-refractivity contribution in [3.63, 3.8) is 0 Å². The van der Waals surface area contributed by atoms with E-state index in [0.29, 0.717) is 138 Å². The summed E-state index contributed by atoms with van der Waals surface area (Å²) < 4.78 is 147. The highest BCUT2D eigenvalue weighted by atomic mass is 79.9. The topological polar surface area (TPSA) is 285 Å². The number of benzene rings is 5. The predicted molar refractivity (Wildman–Crippen MR) is 447 cm³/mol. The van der Waals surface area contributed by atoms with E-state index in [1.54, 1.807) is 63.7 Å². The molecule has 5 aromatic rings. The number of methoxy groups -OCH3 is 4. The molecule has 6 fully saturated rings. The lowest BCUT2D eigenvalue weighted by molar-refractivity contribution is -0.158. The Morgan fingerprint density at radius 3 is 1.22 bits per heavy atom. The van der Waals surface area contributed by atoms with Crippen molar-refractivity contribution in [2.45, 2.75) is 232 Å². The van der Waals surface area contributed by atoms with Crippen molar-refractivity contribution in [2.24, 2.45) is 76.4 Å². The molecule has 4 amide bonds. The number of halogens is 10. The summed E-state index contributed by atoms with van der Waals surface area (Å²) >= 11 is 3.42. The van der Waals surface area contributed by atoms with Crippen LogP contribution >= 0.6 is 15.9 Å². The summed E-state index contributed by atoms with van der Waals surface area (Å²) in [6, 6.07) is 32.6. The van der Waals surface area contributed by atoms with Gasteiger partial charge in [0.1, 0.15) is 25.4 Å². The fourth-order valence-corrected chi connectivity index (χ4v) is 23.1. The molecule has 124 heavy (non-hydrogen) atoms. The van der Waals surface area contributed by atoms with Crippen molar-refractivity contribution in [3.05, 3.63) is 175 Å². The molecule has 32 heteroatoms. The van der Waals surface area contributed by atoms with Crippen LogP contribution in [-0.4, -0.2) is 165 Å². The van der Waals surface area contributed by atoms with Gasteiger partial charge < -0.3 is 46.6 Å². The number of hydrogen-bond donors (Lipinski definition) is 4. The summed E-state index contributed by atoms with van der Waals surface area (Å²) in [5, 5.41) is 0. The molecule has 6 saturated carbocycles. The molecular weight excluding hydrogens is 1680 g/mol. The molecule has 0 aromatic heterocycles. The first-order valence-corrected chi connectivity index (χ1v) is 43.5. The molecule has 4 aliphatic heterocycles. The van der Waals surface area contributed by atoms with Gasteiger partial charge in [-0.3, -0.25) is 38.8 Å². The zero-order chi connectivity index (χ0) is 88.3. The minimum atomic E-state index is -4.60. The molecule has 0 bridgehead atoms. The average molecular weight is 1790 g/mol. The van der Waals surface area contributed by atoms with Gasteiger partial charge in [0.05, 0.1) is 43.6 Å². The Hall–Kier alpha value is -9.60. The zero-order valence-electron chi connectivity index (χ0n) is 69.9. The van der Waals surface area contributed by atoms with Gasteiger partial charge >= 0.3 is 18.5 Å². The minimum Gasteiger partial charge on any atom is -0.493 e. The molecule has 22 nitrogen and oxygen atoms in total. The maximum atomic E-state index is 14.6. The maximum absolute atomic E-state index is 14.6. The monoisotopic (exact) mass is 1780 g/mol. The van der Waals surface area contributed by atoms with Crippen molar-refractivity contribution >= 4 is 69.1 Å². The number of nitrogens with zero attached hydrogens (tertiary/aromatic N) is 9. The first kappa shape index (κ1) is 87.9. The quantitative estimate of drug-likeness (QED) is 0.0514. The maximum Gasteiger partial charge on any atom is 0.406 e. The number of aliphatic imine (C=N–C) groups is 4. The summed E-state index contributed by atoms with van der Waals surface area (Å²) in [6.45, 7) is 5.61. The zero-order valence-corrected chi connectivity index (χ0v) is 71.5. The van der Waals surface area contributed by atoms with Gasteiger partial charge in [-0.05, 0) is 253 Å². The van der Waals surface area contributed by atoms with Crippen LogP contribution in [0.5, 0.6) is 5.75 Å². The van der Waals surface area contributed by atoms with E-state index in [1.165, 1.54) is 18.4 Å². The smallest absolute Gasteiger partial charge is 0.406 e. The molecule has 19 rings (SSSR count). The number of nitrogens with two attached hydrogens (primary N) is 4. The van der Waals surface area contributed by atoms with Crippen LogP contribution in [-0.2, 0) is 86.0 Å². The Bertz CT molecular complexity index is 5260.